The average Bonchev–Trinajstić information content (AvgIpc) is 2.98. The van der Waals surface area contributed by atoms with Crippen molar-refractivity contribution in [2.24, 2.45) is 0 Å². The smallest absolute Gasteiger partial charge is 0.226 e. The van der Waals surface area contributed by atoms with Crippen LogP contribution in [0.2, 0.25) is 0 Å². The van der Waals surface area contributed by atoms with Gasteiger partial charge in [0, 0.05) is 69.2 Å². The first-order valence-corrected chi connectivity index (χ1v) is 14.0. The molecule has 4 heterocycles. The number of nitrogens with one attached hydrogen (secondary N) is 3. The Labute approximate surface area is 234 Å². The maximum Gasteiger partial charge on any atom is 0.226 e. The van der Waals surface area contributed by atoms with E-state index in [0.29, 0.717) is 23.5 Å². The number of aromatic nitrogens is 3. The lowest BCUT2D eigenvalue weighted by atomic mass is 10.0. The highest BCUT2D eigenvalue weighted by atomic mass is 19.1. The number of benzene rings is 1. The SMILES string of the molecule is CCc1ccc(F)c(-c2cc(Nc3ccnc(NC(=O)CCN4CCN(C)CC4)c3)c(C3=CCNCC3)nn2)c1. The number of carbonyl (C=O) groups excluding carboxylic acids is 1. The Kier molecular flexibility index (Phi) is 9.10. The second-order valence-corrected chi connectivity index (χ2v) is 10.3. The summed E-state index contributed by atoms with van der Waals surface area (Å²) in [4.78, 5) is 21.6. The number of carbonyl (C=O) groups is 1. The third-order valence-electron chi connectivity index (χ3n) is 7.43. The molecule has 5 rings (SSSR count). The van der Waals surface area contributed by atoms with Crippen molar-refractivity contribution in [2.45, 2.75) is 26.2 Å². The van der Waals surface area contributed by atoms with Gasteiger partial charge in [-0.3, -0.25) is 4.79 Å². The van der Waals surface area contributed by atoms with Crippen LogP contribution in [0.4, 0.5) is 21.6 Å². The van der Waals surface area contributed by atoms with E-state index in [2.05, 4.69) is 54.1 Å². The van der Waals surface area contributed by atoms with Crippen LogP contribution in [0.15, 0.2) is 48.7 Å². The van der Waals surface area contributed by atoms with Gasteiger partial charge in [0.15, 0.2) is 0 Å². The number of amides is 1. The lowest BCUT2D eigenvalue weighted by Crippen LogP contribution is -2.45. The first kappa shape index (κ1) is 27.8. The van der Waals surface area contributed by atoms with Gasteiger partial charge in [-0.15, -0.1) is 10.2 Å². The number of likely N-dealkylation sites (N-methyl/N-ethyl adjacent to an activating group) is 1. The Bertz CT molecular complexity index is 1370. The van der Waals surface area contributed by atoms with Crippen molar-refractivity contribution in [3.05, 3.63) is 65.7 Å². The van der Waals surface area contributed by atoms with E-state index in [1.54, 1.807) is 18.3 Å². The van der Waals surface area contributed by atoms with Gasteiger partial charge in [-0.2, -0.15) is 0 Å². The molecular formula is C30H37FN8O. The molecule has 0 bridgehead atoms. The highest BCUT2D eigenvalue weighted by Gasteiger charge is 2.18. The zero-order chi connectivity index (χ0) is 27.9. The van der Waals surface area contributed by atoms with Crippen LogP contribution in [0.1, 0.15) is 31.0 Å². The van der Waals surface area contributed by atoms with Crippen LogP contribution < -0.4 is 16.0 Å². The van der Waals surface area contributed by atoms with Gasteiger partial charge in [-0.25, -0.2) is 9.37 Å². The standard InChI is InChI=1S/C30H37FN8O/c1-3-21-4-5-25(31)24(18-21)26-20-27(30(37-36-26)22-6-10-32-11-7-22)34-23-8-12-33-28(19-23)35-29(40)9-13-39-16-14-38(2)15-17-39/h4-6,8,12,18-20,32H,3,7,9-11,13-17H2,1-2H3,(H2,33,34,35,36,40). The topological polar surface area (TPSA) is 98.3 Å². The fraction of sp³-hybridized carbons (Fsp3) is 0.400. The van der Waals surface area contributed by atoms with E-state index < -0.39 is 0 Å². The number of hydrogen-bond donors (Lipinski definition) is 3. The Morgan fingerprint density at radius 2 is 1.95 bits per heavy atom. The molecule has 0 unspecified atom stereocenters. The third kappa shape index (κ3) is 7.07. The molecule has 0 atom stereocenters. The lowest BCUT2D eigenvalue weighted by Gasteiger charge is -2.32. The van der Waals surface area contributed by atoms with E-state index in [1.165, 1.54) is 6.07 Å². The summed E-state index contributed by atoms with van der Waals surface area (Å²) in [7, 11) is 2.12. The number of hydrogen-bond acceptors (Lipinski definition) is 8. The predicted octanol–water partition coefficient (Wildman–Crippen LogP) is 3.94. The van der Waals surface area contributed by atoms with E-state index in [0.717, 1.165) is 86.9 Å². The number of aryl methyl sites for hydroxylation is 1. The van der Waals surface area contributed by atoms with Crippen molar-refractivity contribution in [1.29, 1.82) is 0 Å². The molecule has 1 saturated heterocycles. The van der Waals surface area contributed by atoms with Crippen molar-refractivity contribution >= 4 is 28.7 Å². The fourth-order valence-electron chi connectivity index (χ4n) is 4.95. The number of pyridine rings is 1. The molecule has 3 aromatic rings. The van der Waals surface area contributed by atoms with E-state index in [9.17, 15) is 9.18 Å². The van der Waals surface area contributed by atoms with E-state index in [4.69, 9.17) is 0 Å². The number of anilines is 3. The Morgan fingerprint density at radius 1 is 1.10 bits per heavy atom. The zero-order valence-electron chi connectivity index (χ0n) is 23.2. The number of piperazine rings is 1. The second-order valence-electron chi connectivity index (χ2n) is 10.3. The minimum Gasteiger partial charge on any atom is -0.353 e. The molecule has 1 aromatic carbocycles. The molecule has 10 heteroatoms. The predicted molar refractivity (Wildman–Crippen MR) is 157 cm³/mol. The molecule has 2 aliphatic rings. The molecule has 0 saturated carbocycles. The van der Waals surface area contributed by atoms with Crippen molar-refractivity contribution in [3.63, 3.8) is 0 Å². The zero-order valence-corrected chi connectivity index (χ0v) is 23.2. The highest BCUT2D eigenvalue weighted by molar-refractivity contribution is 5.90. The molecule has 2 aromatic heterocycles. The fourth-order valence-corrected chi connectivity index (χ4v) is 4.95. The van der Waals surface area contributed by atoms with Crippen LogP contribution in [0.3, 0.4) is 0 Å². The largest absolute Gasteiger partial charge is 0.353 e. The molecule has 0 aliphatic carbocycles. The number of halogens is 1. The minimum atomic E-state index is -0.336. The molecule has 0 radical (unpaired) electrons. The summed E-state index contributed by atoms with van der Waals surface area (Å²) >= 11 is 0. The molecule has 0 spiro atoms. The van der Waals surface area contributed by atoms with Gasteiger partial charge in [0.05, 0.1) is 11.4 Å². The molecule has 3 N–H and O–H groups in total. The normalized spacial score (nSPS) is 16.4. The van der Waals surface area contributed by atoms with Gasteiger partial charge >= 0.3 is 0 Å². The van der Waals surface area contributed by atoms with Crippen LogP contribution in [-0.4, -0.2) is 83.7 Å². The van der Waals surface area contributed by atoms with Gasteiger partial charge in [0.25, 0.3) is 0 Å². The van der Waals surface area contributed by atoms with E-state index >= 15 is 0 Å². The molecule has 9 nitrogen and oxygen atoms in total. The van der Waals surface area contributed by atoms with Crippen LogP contribution in [-0.2, 0) is 11.2 Å². The summed E-state index contributed by atoms with van der Waals surface area (Å²) in [5, 5.41) is 18.7. The molecule has 1 fully saturated rings. The quantitative estimate of drug-likeness (QED) is 0.373. The summed E-state index contributed by atoms with van der Waals surface area (Å²) in [6.07, 6.45) is 5.78. The van der Waals surface area contributed by atoms with Crippen LogP contribution in [0.5, 0.6) is 0 Å². The Hall–Kier alpha value is -3.73. The summed E-state index contributed by atoms with van der Waals surface area (Å²) in [5.74, 6) is 0.0694. The van der Waals surface area contributed by atoms with Gasteiger partial charge < -0.3 is 25.8 Å². The number of nitrogens with zero attached hydrogens (tertiary/aromatic N) is 5. The summed E-state index contributed by atoms with van der Waals surface area (Å²) < 4.78 is 14.8. The minimum absolute atomic E-state index is 0.0664. The lowest BCUT2D eigenvalue weighted by molar-refractivity contribution is -0.116. The van der Waals surface area contributed by atoms with E-state index in [1.807, 2.05) is 25.1 Å². The van der Waals surface area contributed by atoms with Crippen LogP contribution in [0, 0.1) is 5.82 Å². The molecule has 2 aliphatic heterocycles. The molecule has 40 heavy (non-hydrogen) atoms. The molecule has 1 amide bonds. The summed E-state index contributed by atoms with van der Waals surface area (Å²) in [5.41, 5.74) is 5.17. The van der Waals surface area contributed by atoms with Crippen molar-refractivity contribution in [3.8, 4) is 11.3 Å². The highest BCUT2D eigenvalue weighted by Crippen LogP contribution is 2.32. The molecular weight excluding hydrogens is 507 g/mol. The summed E-state index contributed by atoms with van der Waals surface area (Å²) in [6, 6.07) is 10.6. The van der Waals surface area contributed by atoms with Gasteiger partial charge in [0.1, 0.15) is 17.3 Å². The van der Waals surface area contributed by atoms with Crippen molar-refractivity contribution in [1.82, 2.24) is 30.3 Å². The maximum absolute atomic E-state index is 14.8. The van der Waals surface area contributed by atoms with Gasteiger partial charge in [-0.05, 0) is 61.8 Å². The average molecular weight is 545 g/mol. The van der Waals surface area contributed by atoms with Crippen molar-refractivity contribution in [2.75, 3.05) is 63.5 Å². The maximum atomic E-state index is 14.8. The van der Waals surface area contributed by atoms with Crippen molar-refractivity contribution < 1.29 is 9.18 Å². The molecule has 210 valence electrons. The monoisotopic (exact) mass is 544 g/mol. The van der Waals surface area contributed by atoms with Gasteiger partial charge in [0.2, 0.25) is 5.91 Å². The van der Waals surface area contributed by atoms with Gasteiger partial charge in [-0.1, -0.05) is 19.1 Å². The summed E-state index contributed by atoms with van der Waals surface area (Å²) in [6.45, 7) is 8.37. The third-order valence-corrected chi connectivity index (χ3v) is 7.43. The van der Waals surface area contributed by atoms with E-state index in [-0.39, 0.29) is 11.7 Å². The van der Waals surface area contributed by atoms with Crippen LogP contribution >= 0.6 is 0 Å². The Morgan fingerprint density at radius 3 is 2.73 bits per heavy atom. The second kappa shape index (κ2) is 13.1. The van der Waals surface area contributed by atoms with Crippen LogP contribution in [0.25, 0.3) is 16.8 Å². The first-order valence-electron chi connectivity index (χ1n) is 14.0. The first-order chi connectivity index (χ1) is 19.5. The number of rotatable bonds is 9. The Balaban J connectivity index is 1.35.